The Morgan fingerprint density at radius 3 is 2.76 bits per heavy atom. The van der Waals surface area contributed by atoms with Crippen molar-refractivity contribution in [1.82, 2.24) is 4.98 Å². The van der Waals surface area contributed by atoms with Gasteiger partial charge >= 0.3 is 0 Å². The molecule has 1 saturated carbocycles. The number of hydrogen-bond donors (Lipinski definition) is 1. The van der Waals surface area contributed by atoms with Crippen LogP contribution in [0.1, 0.15) is 39.0 Å². The molecule has 3 heteroatoms. The zero-order valence-corrected chi connectivity index (χ0v) is 11.2. The Bertz CT molecular complexity index is 346. The second kappa shape index (κ2) is 6.25. The Balaban J connectivity index is 1.69. The molecule has 1 aromatic rings. The first kappa shape index (κ1) is 12.7. The molecule has 0 amide bonds. The molecule has 2 rings (SSSR count). The maximum absolute atomic E-state index is 5.84. The topological polar surface area (TPSA) is 24.9 Å². The predicted octanol–water partition coefficient (Wildman–Crippen LogP) is 4.36. The first-order valence-corrected chi connectivity index (χ1v) is 6.98. The van der Waals surface area contributed by atoms with Gasteiger partial charge in [-0.3, -0.25) is 0 Å². The molecule has 1 N–H and O–H groups in total. The highest BCUT2D eigenvalue weighted by Gasteiger charge is 2.17. The fourth-order valence-corrected chi connectivity index (χ4v) is 2.69. The van der Waals surface area contributed by atoms with E-state index in [4.69, 9.17) is 11.6 Å². The number of pyridine rings is 1. The molecule has 0 bridgehead atoms. The number of halogens is 1. The highest BCUT2D eigenvalue weighted by atomic mass is 35.5. The zero-order valence-electron chi connectivity index (χ0n) is 10.5. The van der Waals surface area contributed by atoms with Crippen molar-refractivity contribution in [2.75, 3.05) is 11.9 Å². The van der Waals surface area contributed by atoms with Crippen LogP contribution in [0.2, 0.25) is 5.15 Å². The van der Waals surface area contributed by atoms with E-state index in [0.717, 1.165) is 24.2 Å². The second-order valence-corrected chi connectivity index (χ2v) is 5.57. The summed E-state index contributed by atoms with van der Waals surface area (Å²) in [5.74, 6) is 2.73. The summed E-state index contributed by atoms with van der Waals surface area (Å²) in [4.78, 5) is 4.22. The standard InChI is InChI=1S/C14H21ClN2/c1-11-5-7-12(8-6-11)9-10-16-14-4-2-3-13(15)17-14/h2-4,11-12H,5-10H2,1H3,(H,16,17). The first-order chi connectivity index (χ1) is 8.24. The third kappa shape index (κ3) is 4.19. The van der Waals surface area contributed by atoms with Crippen LogP contribution in [-0.2, 0) is 0 Å². The first-order valence-electron chi connectivity index (χ1n) is 6.60. The van der Waals surface area contributed by atoms with E-state index < -0.39 is 0 Å². The van der Waals surface area contributed by atoms with E-state index in [1.807, 2.05) is 12.1 Å². The molecule has 1 aliphatic carbocycles. The molecule has 0 aromatic carbocycles. The molecule has 0 atom stereocenters. The van der Waals surface area contributed by atoms with Crippen molar-refractivity contribution in [3.8, 4) is 0 Å². The van der Waals surface area contributed by atoms with Crippen LogP contribution >= 0.6 is 11.6 Å². The molecular formula is C14H21ClN2. The molecule has 1 heterocycles. The molecule has 1 aromatic heterocycles. The molecule has 0 spiro atoms. The lowest BCUT2D eigenvalue weighted by Crippen LogP contribution is -2.16. The maximum atomic E-state index is 5.84. The summed E-state index contributed by atoms with van der Waals surface area (Å²) in [5.41, 5.74) is 0. The summed E-state index contributed by atoms with van der Waals surface area (Å²) in [6, 6.07) is 5.70. The summed E-state index contributed by atoms with van der Waals surface area (Å²) in [5, 5.41) is 3.91. The van der Waals surface area contributed by atoms with E-state index in [-0.39, 0.29) is 0 Å². The Morgan fingerprint density at radius 1 is 1.29 bits per heavy atom. The van der Waals surface area contributed by atoms with Gasteiger partial charge in [-0.25, -0.2) is 4.98 Å². The van der Waals surface area contributed by atoms with Crippen molar-refractivity contribution >= 4 is 17.4 Å². The molecule has 0 aliphatic heterocycles. The molecule has 0 unspecified atom stereocenters. The fraction of sp³-hybridized carbons (Fsp3) is 0.643. The lowest BCUT2D eigenvalue weighted by Gasteiger charge is -2.26. The molecule has 0 radical (unpaired) electrons. The third-order valence-corrected chi connectivity index (χ3v) is 3.92. The Morgan fingerprint density at radius 2 is 2.06 bits per heavy atom. The van der Waals surface area contributed by atoms with E-state index in [2.05, 4.69) is 17.2 Å². The van der Waals surface area contributed by atoms with Crippen molar-refractivity contribution in [3.63, 3.8) is 0 Å². The van der Waals surface area contributed by atoms with Gasteiger partial charge in [0.1, 0.15) is 11.0 Å². The summed E-state index contributed by atoms with van der Waals surface area (Å²) in [7, 11) is 0. The van der Waals surface area contributed by atoms with Gasteiger partial charge in [-0.05, 0) is 30.4 Å². The minimum atomic E-state index is 0.557. The summed E-state index contributed by atoms with van der Waals surface area (Å²) in [6.45, 7) is 3.37. The minimum Gasteiger partial charge on any atom is -0.370 e. The zero-order chi connectivity index (χ0) is 12.1. The number of rotatable bonds is 4. The van der Waals surface area contributed by atoms with Crippen LogP contribution in [0, 0.1) is 11.8 Å². The van der Waals surface area contributed by atoms with E-state index >= 15 is 0 Å². The Labute approximate surface area is 109 Å². The number of hydrogen-bond acceptors (Lipinski definition) is 2. The van der Waals surface area contributed by atoms with Crippen molar-refractivity contribution in [1.29, 1.82) is 0 Å². The van der Waals surface area contributed by atoms with Gasteiger partial charge in [0.15, 0.2) is 0 Å². The van der Waals surface area contributed by atoms with Gasteiger partial charge in [0, 0.05) is 6.54 Å². The molecule has 1 fully saturated rings. The number of nitrogens with zero attached hydrogens (tertiary/aromatic N) is 1. The largest absolute Gasteiger partial charge is 0.370 e. The second-order valence-electron chi connectivity index (χ2n) is 5.19. The fourth-order valence-electron chi connectivity index (χ4n) is 2.53. The van der Waals surface area contributed by atoms with Gasteiger partial charge in [-0.2, -0.15) is 0 Å². The summed E-state index contributed by atoms with van der Waals surface area (Å²) < 4.78 is 0. The van der Waals surface area contributed by atoms with Crippen LogP contribution in [0.3, 0.4) is 0 Å². The normalized spacial score (nSPS) is 24.6. The number of nitrogens with one attached hydrogen (secondary N) is 1. The smallest absolute Gasteiger partial charge is 0.131 e. The van der Waals surface area contributed by atoms with Gasteiger partial charge < -0.3 is 5.32 Å². The average Bonchev–Trinajstić information content (AvgIpc) is 2.32. The van der Waals surface area contributed by atoms with Crippen LogP contribution < -0.4 is 5.32 Å². The number of anilines is 1. The van der Waals surface area contributed by atoms with Crippen molar-refractivity contribution in [3.05, 3.63) is 23.4 Å². The van der Waals surface area contributed by atoms with Crippen LogP contribution in [0.4, 0.5) is 5.82 Å². The third-order valence-electron chi connectivity index (χ3n) is 3.71. The van der Waals surface area contributed by atoms with Crippen LogP contribution in [0.15, 0.2) is 18.2 Å². The van der Waals surface area contributed by atoms with Gasteiger partial charge in [-0.1, -0.05) is 50.3 Å². The van der Waals surface area contributed by atoms with E-state index in [1.165, 1.54) is 32.1 Å². The molecule has 0 saturated heterocycles. The lowest BCUT2D eigenvalue weighted by atomic mass is 9.81. The van der Waals surface area contributed by atoms with E-state index in [9.17, 15) is 0 Å². The predicted molar refractivity (Wildman–Crippen MR) is 73.5 cm³/mol. The molecule has 2 nitrogen and oxygen atoms in total. The average molecular weight is 253 g/mol. The van der Waals surface area contributed by atoms with Crippen molar-refractivity contribution in [2.45, 2.75) is 39.0 Å². The van der Waals surface area contributed by atoms with Gasteiger partial charge in [0.25, 0.3) is 0 Å². The SMILES string of the molecule is CC1CCC(CCNc2cccc(Cl)n2)CC1. The highest BCUT2D eigenvalue weighted by molar-refractivity contribution is 6.29. The van der Waals surface area contributed by atoms with E-state index in [1.54, 1.807) is 6.07 Å². The van der Waals surface area contributed by atoms with Gasteiger partial charge in [0.2, 0.25) is 0 Å². The highest BCUT2D eigenvalue weighted by Crippen LogP contribution is 2.30. The van der Waals surface area contributed by atoms with Crippen LogP contribution in [0.5, 0.6) is 0 Å². The molecule has 94 valence electrons. The quantitative estimate of drug-likeness (QED) is 0.806. The monoisotopic (exact) mass is 252 g/mol. The van der Waals surface area contributed by atoms with Gasteiger partial charge in [0.05, 0.1) is 0 Å². The maximum Gasteiger partial charge on any atom is 0.131 e. The van der Waals surface area contributed by atoms with Gasteiger partial charge in [-0.15, -0.1) is 0 Å². The van der Waals surface area contributed by atoms with Crippen molar-refractivity contribution in [2.24, 2.45) is 11.8 Å². The van der Waals surface area contributed by atoms with E-state index in [0.29, 0.717) is 5.15 Å². The number of aromatic nitrogens is 1. The molecule has 1 aliphatic rings. The summed E-state index contributed by atoms with van der Waals surface area (Å²) in [6.07, 6.45) is 6.85. The Hall–Kier alpha value is -0.760. The van der Waals surface area contributed by atoms with Crippen molar-refractivity contribution < 1.29 is 0 Å². The molecule has 17 heavy (non-hydrogen) atoms. The van der Waals surface area contributed by atoms with Crippen LogP contribution in [0.25, 0.3) is 0 Å². The summed E-state index contributed by atoms with van der Waals surface area (Å²) >= 11 is 5.84. The molecular weight excluding hydrogens is 232 g/mol. The minimum absolute atomic E-state index is 0.557. The lowest BCUT2D eigenvalue weighted by molar-refractivity contribution is 0.282. The Kier molecular flexibility index (Phi) is 4.66. The van der Waals surface area contributed by atoms with Crippen LogP contribution in [-0.4, -0.2) is 11.5 Å².